The lowest BCUT2D eigenvalue weighted by atomic mass is 10.0. The van der Waals surface area contributed by atoms with E-state index in [1.165, 1.54) is 0 Å². The van der Waals surface area contributed by atoms with Crippen LogP contribution in [0.2, 0.25) is 0 Å². The molecular formula is C14H22N2O2S. The van der Waals surface area contributed by atoms with Gasteiger partial charge in [-0.2, -0.15) is 11.8 Å². The predicted molar refractivity (Wildman–Crippen MR) is 81.8 cm³/mol. The summed E-state index contributed by atoms with van der Waals surface area (Å²) in [5.41, 5.74) is 1.86. The third-order valence-corrected chi connectivity index (χ3v) is 4.18. The Balaban J connectivity index is 2.74. The molecule has 0 amide bonds. The van der Waals surface area contributed by atoms with Gasteiger partial charge in [-0.3, -0.25) is 10.1 Å². The third-order valence-electron chi connectivity index (χ3n) is 3.04. The molecule has 0 aliphatic carbocycles. The summed E-state index contributed by atoms with van der Waals surface area (Å²) in [6.07, 6.45) is 0. The molecule has 0 bridgehead atoms. The fraction of sp³-hybridized carbons (Fsp3) is 0.571. The van der Waals surface area contributed by atoms with Crippen molar-refractivity contribution in [2.45, 2.75) is 39.8 Å². The van der Waals surface area contributed by atoms with E-state index >= 15 is 0 Å². The Hall–Kier alpha value is -1.07. The number of nitro benzene ring substituents is 1. The van der Waals surface area contributed by atoms with Gasteiger partial charge in [-0.1, -0.05) is 19.1 Å². The lowest BCUT2D eigenvalue weighted by Gasteiger charge is -2.20. The molecule has 0 fully saturated rings. The average molecular weight is 282 g/mol. The monoisotopic (exact) mass is 282 g/mol. The molecule has 0 spiro atoms. The molecule has 0 saturated carbocycles. The smallest absolute Gasteiger partial charge is 0.272 e. The van der Waals surface area contributed by atoms with Crippen LogP contribution in [0.25, 0.3) is 0 Å². The minimum Gasteiger partial charge on any atom is -0.307 e. The Morgan fingerprint density at radius 3 is 2.68 bits per heavy atom. The summed E-state index contributed by atoms with van der Waals surface area (Å²) in [4.78, 5) is 10.6. The van der Waals surface area contributed by atoms with E-state index in [0.29, 0.717) is 11.6 Å². The van der Waals surface area contributed by atoms with E-state index in [4.69, 9.17) is 0 Å². The second kappa shape index (κ2) is 7.50. The minimum atomic E-state index is -0.318. The third kappa shape index (κ3) is 4.84. The highest BCUT2D eigenvalue weighted by molar-refractivity contribution is 7.99. The molecule has 0 aliphatic rings. The number of aryl methyl sites for hydroxylation is 1. The van der Waals surface area contributed by atoms with Crippen molar-refractivity contribution in [2.24, 2.45) is 0 Å². The molecule has 0 radical (unpaired) electrons. The van der Waals surface area contributed by atoms with Crippen LogP contribution < -0.4 is 5.32 Å². The summed E-state index contributed by atoms with van der Waals surface area (Å²) >= 11 is 1.89. The maximum absolute atomic E-state index is 10.9. The first-order valence-corrected chi connectivity index (χ1v) is 7.69. The van der Waals surface area contributed by atoms with Gasteiger partial charge in [0.2, 0.25) is 0 Å². The Bertz CT molecular complexity index is 437. The Morgan fingerprint density at radius 1 is 1.42 bits per heavy atom. The largest absolute Gasteiger partial charge is 0.307 e. The molecule has 1 aromatic carbocycles. The lowest BCUT2D eigenvalue weighted by Crippen LogP contribution is -2.31. The highest BCUT2D eigenvalue weighted by atomic mass is 32.2. The topological polar surface area (TPSA) is 55.2 Å². The van der Waals surface area contributed by atoms with E-state index in [0.717, 1.165) is 17.1 Å². The van der Waals surface area contributed by atoms with Crippen LogP contribution in [0.1, 0.15) is 37.9 Å². The van der Waals surface area contributed by atoms with Crippen LogP contribution in [0.4, 0.5) is 5.69 Å². The van der Waals surface area contributed by atoms with E-state index in [9.17, 15) is 10.1 Å². The van der Waals surface area contributed by atoms with E-state index in [1.807, 2.05) is 30.8 Å². The Morgan fingerprint density at radius 2 is 2.11 bits per heavy atom. The second-order valence-electron chi connectivity index (χ2n) is 4.75. The normalized spacial score (nSPS) is 14.1. The summed E-state index contributed by atoms with van der Waals surface area (Å²) in [5.74, 6) is 2.16. The van der Waals surface area contributed by atoms with E-state index in [-0.39, 0.29) is 16.7 Å². The molecule has 106 valence electrons. The van der Waals surface area contributed by atoms with Crippen LogP contribution in [0.5, 0.6) is 0 Å². The molecule has 19 heavy (non-hydrogen) atoms. The zero-order valence-electron chi connectivity index (χ0n) is 12.0. The predicted octanol–water partition coefficient (Wildman–Crippen LogP) is 3.70. The molecule has 5 heteroatoms. The fourth-order valence-electron chi connectivity index (χ4n) is 1.96. The van der Waals surface area contributed by atoms with Gasteiger partial charge in [-0.05, 0) is 32.1 Å². The minimum absolute atomic E-state index is 0.117. The second-order valence-corrected chi connectivity index (χ2v) is 6.07. The fourth-order valence-corrected chi connectivity index (χ4v) is 2.64. The van der Waals surface area contributed by atoms with Crippen molar-refractivity contribution in [1.29, 1.82) is 0 Å². The first kappa shape index (κ1) is 16.0. The molecule has 0 heterocycles. The first-order valence-electron chi connectivity index (χ1n) is 6.54. The Labute approximate surface area is 119 Å². The van der Waals surface area contributed by atoms with Gasteiger partial charge in [0.1, 0.15) is 0 Å². The number of nitrogens with zero attached hydrogens (tertiary/aromatic N) is 1. The van der Waals surface area contributed by atoms with Crippen molar-refractivity contribution in [3.05, 3.63) is 39.4 Å². The van der Waals surface area contributed by atoms with Crippen LogP contribution in [0.3, 0.4) is 0 Å². The van der Waals surface area contributed by atoms with Gasteiger partial charge < -0.3 is 5.32 Å². The van der Waals surface area contributed by atoms with Gasteiger partial charge in [0.25, 0.3) is 5.69 Å². The van der Waals surface area contributed by atoms with Crippen LogP contribution in [-0.4, -0.2) is 22.5 Å². The van der Waals surface area contributed by atoms with Crippen LogP contribution in [0, 0.1) is 17.0 Å². The van der Waals surface area contributed by atoms with E-state index in [2.05, 4.69) is 19.2 Å². The molecule has 2 atom stereocenters. The van der Waals surface area contributed by atoms with Crippen molar-refractivity contribution in [2.75, 3.05) is 11.5 Å². The van der Waals surface area contributed by atoms with Gasteiger partial charge in [0.15, 0.2) is 0 Å². The first-order chi connectivity index (χ1) is 8.95. The molecule has 1 N–H and O–H groups in total. The molecule has 1 aromatic rings. The number of hydrogen-bond acceptors (Lipinski definition) is 4. The quantitative estimate of drug-likeness (QED) is 0.612. The van der Waals surface area contributed by atoms with Crippen LogP contribution in [0.15, 0.2) is 18.2 Å². The van der Waals surface area contributed by atoms with Crippen LogP contribution in [-0.2, 0) is 0 Å². The molecule has 2 unspecified atom stereocenters. The van der Waals surface area contributed by atoms with Crippen molar-refractivity contribution in [3.8, 4) is 0 Å². The summed E-state index contributed by atoms with van der Waals surface area (Å²) in [6.45, 7) is 8.09. The number of thioether (sulfide) groups is 1. The van der Waals surface area contributed by atoms with Crippen molar-refractivity contribution in [1.82, 2.24) is 5.32 Å². The number of hydrogen-bond donors (Lipinski definition) is 1. The highest BCUT2D eigenvalue weighted by Gasteiger charge is 2.15. The Kier molecular flexibility index (Phi) is 6.31. The zero-order valence-corrected chi connectivity index (χ0v) is 12.8. The molecule has 0 aromatic heterocycles. The molecule has 4 nitrogen and oxygen atoms in total. The maximum atomic E-state index is 10.9. The van der Waals surface area contributed by atoms with Crippen LogP contribution >= 0.6 is 11.8 Å². The van der Waals surface area contributed by atoms with Crippen molar-refractivity contribution < 1.29 is 4.92 Å². The van der Waals surface area contributed by atoms with Gasteiger partial charge in [0.05, 0.1) is 4.92 Å². The number of rotatable bonds is 7. The summed E-state index contributed by atoms with van der Waals surface area (Å²) in [7, 11) is 0. The maximum Gasteiger partial charge on any atom is 0.272 e. The molecular weight excluding hydrogens is 260 g/mol. The number of benzene rings is 1. The molecule has 0 saturated heterocycles. The summed E-state index contributed by atoms with van der Waals surface area (Å²) in [6, 6.07) is 5.95. The zero-order chi connectivity index (χ0) is 14.4. The van der Waals surface area contributed by atoms with Crippen molar-refractivity contribution >= 4 is 17.4 Å². The van der Waals surface area contributed by atoms with E-state index in [1.54, 1.807) is 13.0 Å². The summed E-state index contributed by atoms with van der Waals surface area (Å²) < 4.78 is 0. The van der Waals surface area contributed by atoms with E-state index < -0.39 is 0 Å². The average Bonchev–Trinajstić information content (AvgIpc) is 2.36. The van der Waals surface area contributed by atoms with Gasteiger partial charge >= 0.3 is 0 Å². The van der Waals surface area contributed by atoms with Gasteiger partial charge in [-0.15, -0.1) is 0 Å². The standard InChI is InChI=1S/C14H22N2O2S/c1-5-19-9-11(3)15-12(4)13-7-6-10(2)14(8-13)16(17)18/h6-8,11-12,15H,5,9H2,1-4H3. The van der Waals surface area contributed by atoms with Gasteiger partial charge in [-0.25, -0.2) is 0 Å². The highest BCUT2D eigenvalue weighted by Crippen LogP contribution is 2.23. The molecule has 1 rings (SSSR count). The lowest BCUT2D eigenvalue weighted by molar-refractivity contribution is -0.385. The summed E-state index contributed by atoms with van der Waals surface area (Å²) in [5, 5.41) is 14.4. The number of nitrogens with one attached hydrogen (secondary N) is 1. The van der Waals surface area contributed by atoms with Gasteiger partial charge in [0, 0.05) is 29.5 Å². The van der Waals surface area contributed by atoms with Crippen molar-refractivity contribution in [3.63, 3.8) is 0 Å². The molecule has 0 aliphatic heterocycles. The SMILES string of the molecule is CCSCC(C)NC(C)c1ccc(C)c([N+](=O)[O-])c1. The number of nitro groups is 1.